The average Bonchev–Trinajstić information content (AvgIpc) is 2.69. The number of carbonyl (C=O) groups excluding carboxylic acids is 2. The molecular weight excluding hydrogens is 326 g/mol. The number of hydrogen-bond donors (Lipinski definition) is 2. The molecular formula is C21H19N3O2. The summed E-state index contributed by atoms with van der Waals surface area (Å²) in [6.07, 6.45) is 3.38. The quantitative estimate of drug-likeness (QED) is 0.720. The van der Waals surface area contributed by atoms with Crippen molar-refractivity contribution in [1.82, 2.24) is 10.3 Å². The number of hydrogen-bond acceptors (Lipinski definition) is 3. The van der Waals surface area contributed by atoms with Gasteiger partial charge in [-0.1, -0.05) is 54.6 Å². The van der Waals surface area contributed by atoms with E-state index >= 15 is 0 Å². The molecule has 3 rings (SSSR count). The zero-order chi connectivity index (χ0) is 18.4. The van der Waals surface area contributed by atoms with Gasteiger partial charge in [-0.2, -0.15) is 0 Å². The van der Waals surface area contributed by atoms with Crippen molar-refractivity contribution < 1.29 is 9.59 Å². The van der Waals surface area contributed by atoms with Crippen LogP contribution in [0.4, 0.5) is 0 Å². The minimum atomic E-state index is -0.779. The number of primary amides is 1. The highest BCUT2D eigenvalue weighted by molar-refractivity contribution is 5.97. The van der Waals surface area contributed by atoms with Gasteiger partial charge in [-0.3, -0.25) is 14.6 Å². The van der Waals surface area contributed by atoms with Crippen LogP contribution in [0.15, 0.2) is 79.1 Å². The number of aromatic nitrogens is 1. The minimum absolute atomic E-state index is 0.335. The Kier molecular flexibility index (Phi) is 5.39. The SMILES string of the molecule is NC(=O)[C@H](Cc1ccc(-c2ccccc2)cc1)NC(=O)c1ccncc1. The Labute approximate surface area is 151 Å². The first-order valence-electron chi connectivity index (χ1n) is 8.28. The molecule has 0 bridgehead atoms. The lowest BCUT2D eigenvalue weighted by Crippen LogP contribution is -2.45. The standard InChI is InChI=1S/C21H19N3O2/c22-20(25)19(24-21(26)18-10-12-23-13-11-18)14-15-6-8-17(9-7-15)16-4-2-1-3-5-16/h1-13,19H,14H2,(H2,22,25)(H,24,26)/t19-/m0/s1. The maximum absolute atomic E-state index is 12.2. The highest BCUT2D eigenvalue weighted by Gasteiger charge is 2.19. The molecule has 0 aliphatic carbocycles. The van der Waals surface area contributed by atoms with Gasteiger partial charge >= 0.3 is 0 Å². The molecule has 2 aromatic carbocycles. The van der Waals surface area contributed by atoms with Crippen molar-refractivity contribution >= 4 is 11.8 Å². The number of nitrogens with two attached hydrogens (primary N) is 1. The molecule has 0 spiro atoms. The molecule has 0 unspecified atom stereocenters. The van der Waals surface area contributed by atoms with Gasteiger partial charge in [0.1, 0.15) is 6.04 Å². The molecule has 3 N–H and O–H groups in total. The van der Waals surface area contributed by atoms with Gasteiger partial charge < -0.3 is 11.1 Å². The Balaban J connectivity index is 1.70. The van der Waals surface area contributed by atoms with Crippen LogP contribution in [0, 0.1) is 0 Å². The number of nitrogens with one attached hydrogen (secondary N) is 1. The van der Waals surface area contributed by atoms with Gasteiger partial charge in [0, 0.05) is 24.4 Å². The summed E-state index contributed by atoms with van der Waals surface area (Å²) in [7, 11) is 0. The Hall–Kier alpha value is -3.47. The molecule has 1 aromatic heterocycles. The third kappa shape index (κ3) is 4.33. The van der Waals surface area contributed by atoms with E-state index in [-0.39, 0.29) is 5.91 Å². The summed E-state index contributed by atoms with van der Waals surface area (Å²) in [5.41, 5.74) is 9.03. The lowest BCUT2D eigenvalue weighted by Gasteiger charge is -2.16. The van der Waals surface area contributed by atoms with Crippen molar-refractivity contribution in [1.29, 1.82) is 0 Å². The second-order valence-electron chi connectivity index (χ2n) is 5.93. The molecule has 2 amide bonds. The van der Waals surface area contributed by atoms with Crippen LogP contribution in [-0.2, 0) is 11.2 Å². The molecule has 0 saturated heterocycles. The summed E-state index contributed by atoms with van der Waals surface area (Å²) in [4.78, 5) is 27.9. The number of pyridine rings is 1. The number of carbonyl (C=O) groups is 2. The van der Waals surface area contributed by atoms with Gasteiger partial charge in [-0.05, 0) is 28.8 Å². The van der Waals surface area contributed by atoms with Crippen molar-refractivity contribution in [2.45, 2.75) is 12.5 Å². The molecule has 1 atom stereocenters. The molecule has 0 aliphatic rings. The second-order valence-corrected chi connectivity index (χ2v) is 5.93. The molecule has 0 aliphatic heterocycles. The molecule has 5 heteroatoms. The molecule has 5 nitrogen and oxygen atoms in total. The Morgan fingerprint density at radius 2 is 1.50 bits per heavy atom. The smallest absolute Gasteiger partial charge is 0.252 e. The van der Waals surface area contributed by atoms with Crippen LogP contribution >= 0.6 is 0 Å². The van der Waals surface area contributed by atoms with Gasteiger partial charge in [0.25, 0.3) is 5.91 Å². The van der Waals surface area contributed by atoms with E-state index in [0.717, 1.165) is 16.7 Å². The molecule has 130 valence electrons. The number of benzene rings is 2. The topological polar surface area (TPSA) is 85.1 Å². The molecule has 3 aromatic rings. The van der Waals surface area contributed by atoms with Crippen LogP contribution < -0.4 is 11.1 Å². The predicted molar refractivity (Wildman–Crippen MR) is 100 cm³/mol. The molecule has 0 radical (unpaired) electrons. The van der Waals surface area contributed by atoms with Crippen molar-refractivity contribution in [3.8, 4) is 11.1 Å². The predicted octanol–water partition coefficient (Wildman–Crippen LogP) is 2.58. The van der Waals surface area contributed by atoms with E-state index in [2.05, 4.69) is 10.3 Å². The number of rotatable bonds is 6. The van der Waals surface area contributed by atoms with Crippen LogP contribution in [0.25, 0.3) is 11.1 Å². The number of nitrogens with zero attached hydrogens (tertiary/aromatic N) is 1. The van der Waals surface area contributed by atoms with Crippen molar-refractivity contribution in [2.75, 3.05) is 0 Å². The van der Waals surface area contributed by atoms with Crippen LogP contribution in [0.1, 0.15) is 15.9 Å². The molecule has 0 saturated carbocycles. The van der Waals surface area contributed by atoms with E-state index < -0.39 is 11.9 Å². The van der Waals surface area contributed by atoms with E-state index in [1.54, 1.807) is 12.1 Å². The highest BCUT2D eigenvalue weighted by Crippen LogP contribution is 2.19. The average molecular weight is 345 g/mol. The summed E-state index contributed by atoms with van der Waals surface area (Å²) in [5.74, 6) is -0.920. The fourth-order valence-corrected chi connectivity index (χ4v) is 2.67. The highest BCUT2D eigenvalue weighted by atomic mass is 16.2. The third-order valence-electron chi connectivity index (χ3n) is 4.09. The van der Waals surface area contributed by atoms with Crippen molar-refractivity contribution in [2.24, 2.45) is 5.73 Å². The van der Waals surface area contributed by atoms with Gasteiger partial charge in [0.05, 0.1) is 0 Å². The monoisotopic (exact) mass is 345 g/mol. The zero-order valence-electron chi connectivity index (χ0n) is 14.1. The summed E-state index contributed by atoms with van der Waals surface area (Å²) >= 11 is 0. The second kappa shape index (κ2) is 8.07. The van der Waals surface area contributed by atoms with Crippen LogP contribution in [-0.4, -0.2) is 22.8 Å². The summed E-state index contributed by atoms with van der Waals surface area (Å²) in [5, 5.41) is 2.69. The Morgan fingerprint density at radius 1 is 0.885 bits per heavy atom. The third-order valence-corrected chi connectivity index (χ3v) is 4.09. The van der Waals surface area contributed by atoms with Crippen molar-refractivity contribution in [3.05, 3.63) is 90.3 Å². The minimum Gasteiger partial charge on any atom is -0.368 e. The normalized spacial score (nSPS) is 11.5. The van der Waals surface area contributed by atoms with Gasteiger partial charge in [-0.15, -0.1) is 0 Å². The Bertz CT molecular complexity index is 878. The molecule has 1 heterocycles. The number of amides is 2. The van der Waals surface area contributed by atoms with Crippen LogP contribution in [0.3, 0.4) is 0 Å². The fourth-order valence-electron chi connectivity index (χ4n) is 2.67. The van der Waals surface area contributed by atoms with Gasteiger partial charge in [0.2, 0.25) is 5.91 Å². The summed E-state index contributed by atoms with van der Waals surface area (Å²) < 4.78 is 0. The maximum Gasteiger partial charge on any atom is 0.252 e. The zero-order valence-corrected chi connectivity index (χ0v) is 14.1. The first-order valence-corrected chi connectivity index (χ1v) is 8.28. The summed E-state index contributed by atoms with van der Waals surface area (Å²) in [6.45, 7) is 0. The lowest BCUT2D eigenvalue weighted by atomic mass is 10.0. The fraction of sp³-hybridized carbons (Fsp3) is 0.0952. The lowest BCUT2D eigenvalue weighted by molar-refractivity contribution is -0.119. The molecule has 0 fully saturated rings. The van der Waals surface area contributed by atoms with E-state index in [1.807, 2.05) is 54.6 Å². The summed E-state index contributed by atoms with van der Waals surface area (Å²) in [6, 6.07) is 20.3. The van der Waals surface area contributed by atoms with E-state index in [0.29, 0.717) is 12.0 Å². The van der Waals surface area contributed by atoms with Gasteiger partial charge in [0.15, 0.2) is 0 Å². The first kappa shape index (κ1) is 17.4. The Morgan fingerprint density at radius 3 is 2.12 bits per heavy atom. The van der Waals surface area contributed by atoms with Crippen LogP contribution in [0.5, 0.6) is 0 Å². The first-order chi connectivity index (χ1) is 12.6. The van der Waals surface area contributed by atoms with E-state index in [4.69, 9.17) is 5.73 Å². The van der Waals surface area contributed by atoms with E-state index in [9.17, 15) is 9.59 Å². The van der Waals surface area contributed by atoms with Gasteiger partial charge in [-0.25, -0.2) is 0 Å². The van der Waals surface area contributed by atoms with Crippen LogP contribution in [0.2, 0.25) is 0 Å². The van der Waals surface area contributed by atoms with Crippen molar-refractivity contribution in [3.63, 3.8) is 0 Å². The van der Waals surface area contributed by atoms with E-state index in [1.165, 1.54) is 12.4 Å². The maximum atomic E-state index is 12.2. The largest absolute Gasteiger partial charge is 0.368 e. The molecule has 26 heavy (non-hydrogen) atoms.